The maximum absolute atomic E-state index is 12.5. The third-order valence-corrected chi connectivity index (χ3v) is 4.90. The number of aromatic nitrogens is 4. The Bertz CT molecular complexity index is 1360. The second kappa shape index (κ2) is 7.82. The predicted octanol–water partition coefficient (Wildman–Crippen LogP) is 2.48. The molecule has 0 radical (unpaired) electrons. The molecule has 0 saturated carbocycles. The fourth-order valence-electron chi connectivity index (χ4n) is 3.39. The average molecular weight is 415 g/mol. The first-order valence-electron chi connectivity index (χ1n) is 9.71. The van der Waals surface area contributed by atoms with Crippen molar-refractivity contribution in [3.05, 3.63) is 82.2 Å². The monoisotopic (exact) mass is 415 g/mol. The van der Waals surface area contributed by atoms with Crippen molar-refractivity contribution in [3.63, 3.8) is 0 Å². The van der Waals surface area contributed by atoms with Crippen molar-refractivity contribution in [1.82, 2.24) is 19.8 Å². The Labute approximate surface area is 175 Å². The fourth-order valence-corrected chi connectivity index (χ4v) is 3.39. The summed E-state index contributed by atoms with van der Waals surface area (Å²) in [6.45, 7) is 0. The van der Waals surface area contributed by atoms with Gasteiger partial charge in [0.25, 0.3) is 5.91 Å². The number of nitrogens with one attached hydrogen (secondary N) is 2. The van der Waals surface area contributed by atoms with Gasteiger partial charge < -0.3 is 9.73 Å². The summed E-state index contributed by atoms with van der Waals surface area (Å²) < 4.78 is 7.07. The summed E-state index contributed by atoms with van der Waals surface area (Å²) in [5.41, 5.74) is 4.90. The van der Waals surface area contributed by atoms with E-state index in [0.717, 1.165) is 18.4 Å². The van der Waals surface area contributed by atoms with Gasteiger partial charge in [0.1, 0.15) is 17.7 Å². The summed E-state index contributed by atoms with van der Waals surface area (Å²) in [6.07, 6.45) is 3.70. The van der Waals surface area contributed by atoms with Crippen LogP contribution in [-0.2, 0) is 6.42 Å². The number of benzene rings is 1. The second-order valence-corrected chi connectivity index (χ2v) is 7.00. The van der Waals surface area contributed by atoms with Crippen molar-refractivity contribution in [3.8, 4) is 0 Å². The molecular formula is C21H17N7O3. The van der Waals surface area contributed by atoms with Crippen LogP contribution in [-0.4, -0.2) is 31.4 Å². The highest BCUT2D eigenvalue weighted by Gasteiger charge is 2.22. The lowest BCUT2D eigenvalue weighted by Gasteiger charge is -2.17. The molecule has 4 aromatic rings. The smallest absolute Gasteiger partial charge is 0.360 e. The molecule has 0 fully saturated rings. The highest BCUT2D eigenvalue weighted by atomic mass is 16.4. The van der Waals surface area contributed by atoms with Gasteiger partial charge in [-0.25, -0.2) is 4.79 Å². The molecule has 1 aromatic carbocycles. The van der Waals surface area contributed by atoms with Gasteiger partial charge in [-0.2, -0.15) is 9.62 Å². The van der Waals surface area contributed by atoms with Crippen LogP contribution in [0.1, 0.15) is 34.5 Å². The first kappa shape index (κ1) is 18.7. The number of rotatable bonds is 4. The van der Waals surface area contributed by atoms with Crippen molar-refractivity contribution in [1.29, 1.82) is 0 Å². The number of aryl methyl sites for hydroxylation is 1. The minimum atomic E-state index is -0.623. The van der Waals surface area contributed by atoms with Gasteiger partial charge in [-0.15, -0.1) is 15.3 Å². The summed E-state index contributed by atoms with van der Waals surface area (Å²) >= 11 is 0. The first-order valence-corrected chi connectivity index (χ1v) is 9.71. The molecule has 31 heavy (non-hydrogen) atoms. The Morgan fingerprint density at radius 1 is 1.13 bits per heavy atom. The molecule has 10 nitrogen and oxygen atoms in total. The van der Waals surface area contributed by atoms with Crippen LogP contribution in [0.15, 0.2) is 69.2 Å². The fraction of sp³-hybridized carbons (Fsp3) is 0.143. The van der Waals surface area contributed by atoms with Gasteiger partial charge in [0, 0.05) is 5.56 Å². The van der Waals surface area contributed by atoms with E-state index in [0.29, 0.717) is 34.9 Å². The van der Waals surface area contributed by atoms with E-state index in [1.165, 1.54) is 10.8 Å². The highest BCUT2D eigenvalue weighted by molar-refractivity contribution is 6.05. The molecule has 2 N–H and O–H groups in total. The largest absolute Gasteiger partial charge is 0.420 e. The topological polar surface area (TPSA) is 127 Å². The molecule has 10 heteroatoms. The molecule has 5 rings (SSSR count). The summed E-state index contributed by atoms with van der Waals surface area (Å²) in [6, 6.07) is 13.9. The number of anilines is 2. The van der Waals surface area contributed by atoms with Crippen LogP contribution in [0.4, 0.5) is 11.5 Å². The van der Waals surface area contributed by atoms with E-state index >= 15 is 0 Å². The number of hydrogen-bond donors (Lipinski definition) is 2. The standard InChI is InChI=1S/C21H17N7O3/c29-20(13-5-2-1-3-6-13)23-16-11-14-7-4-8-15(19(14)31-21(16)30)24-25-17-9-10-18-26-22-12-28(18)27-17/h1-3,5-6,9-12H,4,7-8H2,(H,23,29)(H,25,27)/b24-15+. The van der Waals surface area contributed by atoms with Crippen molar-refractivity contribution in [2.45, 2.75) is 19.3 Å². The lowest BCUT2D eigenvalue weighted by molar-refractivity contribution is 0.102. The molecule has 0 spiro atoms. The van der Waals surface area contributed by atoms with E-state index in [9.17, 15) is 9.59 Å². The molecule has 0 saturated heterocycles. The molecule has 1 aliphatic rings. The molecule has 0 aliphatic heterocycles. The molecule has 1 amide bonds. The number of fused-ring (bicyclic) bond motifs is 2. The van der Waals surface area contributed by atoms with Crippen LogP contribution in [0.25, 0.3) is 5.65 Å². The molecular weight excluding hydrogens is 398 g/mol. The molecule has 0 atom stereocenters. The molecule has 3 aromatic heterocycles. The summed E-state index contributed by atoms with van der Waals surface area (Å²) in [5, 5.41) is 19.0. The lowest BCUT2D eigenvalue weighted by atomic mass is 9.95. The van der Waals surface area contributed by atoms with Crippen LogP contribution in [0.5, 0.6) is 0 Å². The Morgan fingerprint density at radius 2 is 2.00 bits per heavy atom. The number of hydrogen-bond acceptors (Lipinski definition) is 8. The minimum Gasteiger partial charge on any atom is -0.420 e. The molecule has 3 heterocycles. The van der Waals surface area contributed by atoms with E-state index in [2.05, 4.69) is 31.1 Å². The minimum absolute atomic E-state index is 0.113. The average Bonchev–Trinajstić information content (AvgIpc) is 3.27. The third-order valence-electron chi connectivity index (χ3n) is 4.90. The second-order valence-electron chi connectivity index (χ2n) is 7.00. The van der Waals surface area contributed by atoms with Crippen molar-refractivity contribution in [2.24, 2.45) is 5.10 Å². The Balaban J connectivity index is 1.40. The zero-order valence-corrected chi connectivity index (χ0v) is 16.3. The highest BCUT2D eigenvalue weighted by Crippen LogP contribution is 2.23. The lowest BCUT2D eigenvalue weighted by Crippen LogP contribution is -2.22. The van der Waals surface area contributed by atoms with Crippen LogP contribution >= 0.6 is 0 Å². The number of nitrogens with zero attached hydrogens (tertiary/aromatic N) is 5. The third kappa shape index (κ3) is 3.78. The van der Waals surface area contributed by atoms with E-state index in [4.69, 9.17) is 4.42 Å². The molecule has 1 aliphatic carbocycles. The predicted molar refractivity (Wildman–Crippen MR) is 113 cm³/mol. The van der Waals surface area contributed by atoms with E-state index in [1.807, 2.05) is 6.07 Å². The van der Waals surface area contributed by atoms with Crippen molar-refractivity contribution >= 4 is 28.8 Å². The molecule has 154 valence electrons. The first-order chi connectivity index (χ1) is 15.2. The Kier molecular flexibility index (Phi) is 4.71. The molecule has 0 unspecified atom stereocenters. The zero-order chi connectivity index (χ0) is 21.2. The van der Waals surface area contributed by atoms with Crippen LogP contribution < -0.4 is 16.4 Å². The Morgan fingerprint density at radius 3 is 2.87 bits per heavy atom. The Hall–Kier alpha value is -4.34. The van der Waals surface area contributed by atoms with E-state index in [-0.39, 0.29) is 11.6 Å². The van der Waals surface area contributed by atoms with Gasteiger partial charge >= 0.3 is 5.63 Å². The van der Waals surface area contributed by atoms with Gasteiger partial charge in [0.2, 0.25) is 0 Å². The number of amides is 1. The number of hydrazone groups is 1. The van der Waals surface area contributed by atoms with Gasteiger partial charge in [-0.05, 0) is 55.2 Å². The maximum atomic E-state index is 12.5. The van der Waals surface area contributed by atoms with Crippen LogP contribution in [0.3, 0.4) is 0 Å². The quantitative estimate of drug-likeness (QED) is 0.490. The van der Waals surface area contributed by atoms with E-state index < -0.39 is 5.63 Å². The summed E-state index contributed by atoms with van der Waals surface area (Å²) in [5.74, 6) is 0.558. The number of carbonyl (C=O) groups is 1. The van der Waals surface area contributed by atoms with Crippen molar-refractivity contribution < 1.29 is 9.21 Å². The van der Waals surface area contributed by atoms with Gasteiger partial charge in [0.15, 0.2) is 17.2 Å². The number of carbonyl (C=O) groups excluding carboxylic acids is 1. The normalized spacial score (nSPS) is 14.4. The maximum Gasteiger partial charge on any atom is 0.360 e. The zero-order valence-electron chi connectivity index (χ0n) is 16.3. The van der Waals surface area contributed by atoms with Crippen LogP contribution in [0.2, 0.25) is 0 Å². The van der Waals surface area contributed by atoms with E-state index in [1.54, 1.807) is 42.5 Å². The van der Waals surface area contributed by atoms with Crippen molar-refractivity contribution in [2.75, 3.05) is 10.7 Å². The summed E-state index contributed by atoms with van der Waals surface area (Å²) in [7, 11) is 0. The van der Waals surface area contributed by atoms with Crippen LogP contribution in [0, 0.1) is 0 Å². The van der Waals surface area contributed by atoms with Gasteiger partial charge in [-0.1, -0.05) is 18.2 Å². The summed E-state index contributed by atoms with van der Waals surface area (Å²) in [4.78, 5) is 24.9. The van der Waals surface area contributed by atoms with Gasteiger partial charge in [-0.3, -0.25) is 10.2 Å². The molecule has 0 bridgehead atoms. The van der Waals surface area contributed by atoms with Gasteiger partial charge in [0.05, 0.1) is 0 Å². The SMILES string of the molecule is O=C(Nc1cc2c(oc1=O)/C(=N/Nc1ccc3nncn3n1)CCC2)c1ccccc1.